The first kappa shape index (κ1) is 11.4. The molecule has 1 aromatic carbocycles. The van der Waals surface area contributed by atoms with Gasteiger partial charge in [-0.3, -0.25) is 0 Å². The zero-order valence-electron chi connectivity index (χ0n) is 9.12. The topological polar surface area (TPSA) is 9.23 Å². The Bertz CT molecular complexity index is 273. The van der Waals surface area contributed by atoms with Crippen LogP contribution in [0.25, 0.3) is 0 Å². The van der Waals surface area contributed by atoms with Gasteiger partial charge in [-0.2, -0.15) is 0 Å². The van der Waals surface area contributed by atoms with Crippen molar-refractivity contribution >= 4 is 11.8 Å². The molecule has 0 fully saturated rings. The van der Waals surface area contributed by atoms with Gasteiger partial charge in [0.2, 0.25) is 0 Å². The van der Waals surface area contributed by atoms with Gasteiger partial charge in [0, 0.05) is 10.6 Å². The van der Waals surface area contributed by atoms with Gasteiger partial charge in [0.1, 0.15) is 5.75 Å². The quantitative estimate of drug-likeness (QED) is 0.683. The highest BCUT2D eigenvalue weighted by Gasteiger charge is 2.01. The number of hydrogen-bond donors (Lipinski definition) is 0. The summed E-state index contributed by atoms with van der Waals surface area (Å²) in [6.07, 6.45) is 1.25. The third-order valence-electron chi connectivity index (χ3n) is 2.27. The van der Waals surface area contributed by atoms with Crippen molar-refractivity contribution in [3.05, 3.63) is 24.3 Å². The molecule has 0 amide bonds. The Balaban J connectivity index is 2.50. The third kappa shape index (κ3) is 3.62. The predicted octanol–water partition coefficient (Wildman–Crippen LogP) is 3.83. The van der Waals surface area contributed by atoms with Crippen molar-refractivity contribution in [1.82, 2.24) is 0 Å². The highest BCUT2D eigenvalue weighted by atomic mass is 32.2. The first-order valence-electron chi connectivity index (χ1n) is 5.03. The molecule has 1 aromatic rings. The van der Waals surface area contributed by atoms with Gasteiger partial charge >= 0.3 is 0 Å². The van der Waals surface area contributed by atoms with E-state index in [1.807, 2.05) is 23.9 Å². The fourth-order valence-electron chi connectivity index (χ4n) is 1.05. The molecule has 0 radical (unpaired) electrons. The average Bonchev–Trinajstić information content (AvgIpc) is 2.26. The lowest BCUT2D eigenvalue weighted by molar-refractivity contribution is 0.413. The highest BCUT2D eigenvalue weighted by molar-refractivity contribution is 7.99. The molecule has 1 rings (SSSR count). The van der Waals surface area contributed by atoms with Crippen LogP contribution >= 0.6 is 11.8 Å². The minimum absolute atomic E-state index is 0.784. The molecular weight excluding hydrogens is 192 g/mol. The van der Waals surface area contributed by atoms with Crippen molar-refractivity contribution in [3.8, 4) is 5.75 Å². The fraction of sp³-hybridized carbons (Fsp3) is 0.500. The van der Waals surface area contributed by atoms with Gasteiger partial charge in [0.25, 0.3) is 0 Å². The minimum Gasteiger partial charge on any atom is -0.497 e. The Kier molecular flexibility index (Phi) is 4.88. The Morgan fingerprint density at radius 1 is 1.43 bits per heavy atom. The summed E-state index contributed by atoms with van der Waals surface area (Å²) in [4.78, 5) is 1.30. The van der Waals surface area contributed by atoms with Gasteiger partial charge in [0.05, 0.1) is 7.11 Å². The van der Waals surface area contributed by atoms with Crippen LogP contribution in [0.5, 0.6) is 5.75 Å². The molecule has 1 nitrogen and oxygen atoms in total. The summed E-state index contributed by atoms with van der Waals surface area (Å²) in [6.45, 7) is 4.52. The highest BCUT2D eigenvalue weighted by Crippen LogP contribution is 2.25. The predicted molar refractivity (Wildman–Crippen MR) is 63.2 cm³/mol. The Morgan fingerprint density at radius 2 is 2.21 bits per heavy atom. The Labute approximate surface area is 90.9 Å². The lowest BCUT2D eigenvalue weighted by Gasteiger charge is -2.08. The van der Waals surface area contributed by atoms with Gasteiger partial charge in [-0.25, -0.2) is 0 Å². The van der Waals surface area contributed by atoms with Crippen molar-refractivity contribution in [1.29, 1.82) is 0 Å². The van der Waals surface area contributed by atoms with E-state index in [0.717, 1.165) is 11.7 Å². The molecule has 0 aromatic heterocycles. The van der Waals surface area contributed by atoms with E-state index >= 15 is 0 Å². The van der Waals surface area contributed by atoms with Crippen LogP contribution in [0.1, 0.15) is 20.3 Å². The second-order valence-corrected chi connectivity index (χ2v) is 4.60. The van der Waals surface area contributed by atoms with Crippen LogP contribution < -0.4 is 4.74 Å². The zero-order valence-corrected chi connectivity index (χ0v) is 9.93. The summed E-state index contributed by atoms with van der Waals surface area (Å²) in [5.74, 6) is 2.91. The van der Waals surface area contributed by atoms with Crippen LogP contribution in [0.15, 0.2) is 29.2 Å². The van der Waals surface area contributed by atoms with E-state index in [1.54, 1.807) is 7.11 Å². The van der Waals surface area contributed by atoms with E-state index in [9.17, 15) is 0 Å². The Morgan fingerprint density at radius 3 is 2.86 bits per heavy atom. The van der Waals surface area contributed by atoms with Crippen LogP contribution in [-0.4, -0.2) is 12.9 Å². The molecule has 0 heterocycles. The maximum Gasteiger partial charge on any atom is 0.119 e. The Hall–Kier alpha value is -0.630. The van der Waals surface area contributed by atoms with Crippen molar-refractivity contribution in [2.75, 3.05) is 12.9 Å². The molecule has 0 aliphatic carbocycles. The molecule has 0 saturated heterocycles. The SMILES string of the molecule is CCC(C)CSc1cccc(OC)c1. The zero-order chi connectivity index (χ0) is 10.4. The summed E-state index contributed by atoms with van der Waals surface area (Å²) in [5, 5.41) is 0. The molecule has 2 heteroatoms. The number of benzene rings is 1. The second kappa shape index (κ2) is 5.97. The lowest BCUT2D eigenvalue weighted by Crippen LogP contribution is -1.94. The van der Waals surface area contributed by atoms with Gasteiger partial charge in [0.15, 0.2) is 0 Å². The van der Waals surface area contributed by atoms with E-state index < -0.39 is 0 Å². The van der Waals surface area contributed by atoms with Crippen LogP contribution in [0.3, 0.4) is 0 Å². The molecule has 0 bridgehead atoms. The smallest absolute Gasteiger partial charge is 0.119 e. The number of ether oxygens (including phenoxy) is 1. The van der Waals surface area contributed by atoms with Gasteiger partial charge < -0.3 is 4.74 Å². The lowest BCUT2D eigenvalue weighted by atomic mass is 10.2. The third-order valence-corrected chi connectivity index (χ3v) is 3.60. The number of thioether (sulfide) groups is 1. The largest absolute Gasteiger partial charge is 0.497 e. The van der Waals surface area contributed by atoms with Crippen LogP contribution in [-0.2, 0) is 0 Å². The van der Waals surface area contributed by atoms with E-state index in [2.05, 4.69) is 26.0 Å². The first-order valence-corrected chi connectivity index (χ1v) is 6.01. The summed E-state index contributed by atoms with van der Waals surface area (Å²) in [7, 11) is 1.71. The second-order valence-electron chi connectivity index (χ2n) is 3.50. The summed E-state index contributed by atoms with van der Waals surface area (Å²) < 4.78 is 5.17. The van der Waals surface area contributed by atoms with Crippen LogP contribution in [0.4, 0.5) is 0 Å². The van der Waals surface area contributed by atoms with E-state index in [4.69, 9.17) is 4.74 Å². The van der Waals surface area contributed by atoms with E-state index in [0.29, 0.717) is 0 Å². The fourth-order valence-corrected chi connectivity index (χ4v) is 2.13. The molecule has 0 N–H and O–H groups in total. The first-order chi connectivity index (χ1) is 6.76. The minimum atomic E-state index is 0.784. The molecule has 0 spiro atoms. The molecular formula is C12H18OS. The molecule has 0 aliphatic heterocycles. The number of rotatable bonds is 5. The van der Waals surface area contributed by atoms with Crippen molar-refractivity contribution in [2.45, 2.75) is 25.2 Å². The normalized spacial score (nSPS) is 12.5. The maximum atomic E-state index is 5.17. The molecule has 14 heavy (non-hydrogen) atoms. The molecule has 78 valence electrons. The van der Waals surface area contributed by atoms with Crippen molar-refractivity contribution in [3.63, 3.8) is 0 Å². The van der Waals surface area contributed by atoms with Gasteiger partial charge in [-0.15, -0.1) is 11.8 Å². The van der Waals surface area contributed by atoms with Crippen molar-refractivity contribution in [2.24, 2.45) is 5.92 Å². The molecule has 0 saturated carbocycles. The van der Waals surface area contributed by atoms with Crippen molar-refractivity contribution < 1.29 is 4.74 Å². The van der Waals surface area contributed by atoms with E-state index in [-0.39, 0.29) is 0 Å². The maximum absolute atomic E-state index is 5.17. The number of methoxy groups -OCH3 is 1. The monoisotopic (exact) mass is 210 g/mol. The summed E-state index contributed by atoms with van der Waals surface area (Å²) in [5.41, 5.74) is 0. The molecule has 0 aliphatic rings. The van der Waals surface area contributed by atoms with Gasteiger partial charge in [-0.05, 0) is 24.1 Å². The van der Waals surface area contributed by atoms with Gasteiger partial charge in [-0.1, -0.05) is 26.3 Å². The molecule has 1 atom stereocenters. The van der Waals surface area contributed by atoms with Crippen LogP contribution in [0, 0.1) is 5.92 Å². The van der Waals surface area contributed by atoms with Crippen LogP contribution in [0.2, 0.25) is 0 Å². The average molecular weight is 210 g/mol. The standard InChI is InChI=1S/C12H18OS/c1-4-10(2)9-14-12-7-5-6-11(8-12)13-3/h5-8,10H,4,9H2,1-3H3. The number of hydrogen-bond acceptors (Lipinski definition) is 2. The summed E-state index contributed by atoms with van der Waals surface area (Å²) >= 11 is 1.90. The summed E-state index contributed by atoms with van der Waals surface area (Å²) in [6, 6.07) is 8.24. The van der Waals surface area contributed by atoms with E-state index in [1.165, 1.54) is 17.1 Å². The molecule has 1 unspecified atom stereocenters.